The summed E-state index contributed by atoms with van der Waals surface area (Å²) in [6, 6.07) is -0.688. The van der Waals surface area contributed by atoms with Crippen molar-refractivity contribution in [2.75, 3.05) is 0 Å². The van der Waals surface area contributed by atoms with E-state index in [4.69, 9.17) is 5.11 Å². The molecule has 1 unspecified atom stereocenters. The van der Waals surface area contributed by atoms with Crippen molar-refractivity contribution >= 4 is 11.9 Å². The zero-order chi connectivity index (χ0) is 12.6. The highest BCUT2D eigenvalue weighted by Gasteiger charge is 2.39. The maximum absolute atomic E-state index is 12.3. The molecule has 1 heterocycles. The number of carbonyl (C=O) groups is 2. The molecule has 92 valence electrons. The van der Waals surface area contributed by atoms with Crippen LogP contribution in [0.25, 0.3) is 0 Å². The quantitative estimate of drug-likeness (QED) is 0.829. The van der Waals surface area contributed by atoms with E-state index in [-0.39, 0.29) is 11.9 Å². The maximum Gasteiger partial charge on any atom is 0.326 e. The Bertz CT molecular complexity index is 448. The summed E-state index contributed by atoms with van der Waals surface area (Å²) in [5.41, 5.74) is 1.41. The topological polar surface area (TPSA) is 73.4 Å². The highest BCUT2D eigenvalue weighted by Crippen LogP contribution is 2.30. The van der Waals surface area contributed by atoms with Crippen LogP contribution < -0.4 is 0 Å². The largest absolute Gasteiger partial charge is 0.480 e. The van der Waals surface area contributed by atoms with E-state index in [1.807, 2.05) is 6.92 Å². The van der Waals surface area contributed by atoms with Gasteiger partial charge in [0, 0.05) is 18.4 Å². The number of rotatable bonds is 4. The molecule has 1 saturated carbocycles. The summed E-state index contributed by atoms with van der Waals surface area (Å²) in [4.78, 5) is 27.7. The van der Waals surface area contributed by atoms with Crippen LogP contribution in [-0.4, -0.2) is 39.0 Å². The van der Waals surface area contributed by atoms with E-state index in [9.17, 15) is 9.59 Å². The normalized spacial score (nSPS) is 16.6. The Labute approximate surface area is 99.4 Å². The van der Waals surface area contributed by atoms with E-state index in [2.05, 4.69) is 4.98 Å². The van der Waals surface area contributed by atoms with Gasteiger partial charge in [-0.15, -0.1) is 0 Å². The van der Waals surface area contributed by atoms with Crippen molar-refractivity contribution in [3.05, 3.63) is 23.5 Å². The number of aryl methyl sites for hydroxylation is 1. The summed E-state index contributed by atoms with van der Waals surface area (Å²) in [7, 11) is 0. The van der Waals surface area contributed by atoms with Crippen LogP contribution in [0.1, 0.15) is 35.7 Å². The zero-order valence-electron chi connectivity index (χ0n) is 9.93. The smallest absolute Gasteiger partial charge is 0.326 e. The number of H-pyrrole nitrogens is 1. The summed E-state index contributed by atoms with van der Waals surface area (Å²) in [5, 5.41) is 9.04. The molecule has 1 amide bonds. The SMILES string of the molecule is Cc1c[nH]cc1C(=O)N(C1CC1)C(C)C(=O)O. The standard InChI is InChI=1S/C12H16N2O3/c1-7-5-13-6-10(7)11(15)14(9-3-4-9)8(2)12(16)17/h5-6,8-9,13H,3-4H2,1-2H3,(H,16,17). The number of nitrogens with one attached hydrogen (secondary N) is 1. The summed E-state index contributed by atoms with van der Waals surface area (Å²) >= 11 is 0. The fourth-order valence-corrected chi connectivity index (χ4v) is 1.94. The van der Waals surface area contributed by atoms with E-state index in [1.165, 1.54) is 4.90 Å². The first-order chi connectivity index (χ1) is 8.02. The van der Waals surface area contributed by atoms with Gasteiger partial charge in [-0.1, -0.05) is 0 Å². The van der Waals surface area contributed by atoms with E-state index in [0.29, 0.717) is 5.56 Å². The van der Waals surface area contributed by atoms with Crippen molar-refractivity contribution in [1.29, 1.82) is 0 Å². The number of carboxylic acid groups (broad SMARTS) is 1. The molecule has 0 saturated heterocycles. The predicted molar refractivity (Wildman–Crippen MR) is 61.8 cm³/mol. The molecule has 17 heavy (non-hydrogen) atoms. The second-order valence-corrected chi connectivity index (χ2v) is 4.51. The third-order valence-electron chi connectivity index (χ3n) is 3.13. The van der Waals surface area contributed by atoms with Gasteiger partial charge in [-0.3, -0.25) is 4.79 Å². The second kappa shape index (κ2) is 4.24. The molecule has 1 fully saturated rings. The average Bonchev–Trinajstić information content (AvgIpc) is 3.00. The number of carbonyl (C=O) groups excluding carboxylic acids is 1. The van der Waals surface area contributed by atoms with E-state index >= 15 is 0 Å². The van der Waals surface area contributed by atoms with Gasteiger partial charge in [-0.2, -0.15) is 0 Å². The van der Waals surface area contributed by atoms with Gasteiger partial charge in [-0.05, 0) is 32.3 Å². The Morgan fingerprint density at radius 1 is 1.47 bits per heavy atom. The van der Waals surface area contributed by atoms with Crippen molar-refractivity contribution < 1.29 is 14.7 Å². The van der Waals surface area contributed by atoms with Gasteiger partial charge in [0.25, 0.3) is 5.91 Å². The molecular formula is C12H16N2O3. The molecule has 5 nitrogen and oxygen atoms in total. The minimum atomic E-state index is -0.960. The molecule has 1 atom stereocenters. The fraction of sp³-hybridized carbons (Fsp3) is 0.500. The minimum absolute atomic E-state index is 0.0860. The highest BCUT2D eigenvalue weighted by molar-refractivity contribution is 5.98. The molecular weight excluding hydrogens is 220 g/mol. The number of hydrogen-bond acceptors (Lipinski definition) is 2. The number of amides is 1. The first-order valence-corrected chi connectivity index (χ1v) is 5.71. The molecule has 1 aliphatic carbocycles. The van der Waals surface area contributed by atoms with Crippen LogP contribution in [0.4, 0.5) is 0 Å². The van der Waals surface area contributed by atoms with Gasteiger partial charge in [-0.25, -0.2) is 4.79 Å². The Hall–Kier alpha value is -1.78. The zero-order valence-corrected chi connectivity index (χ0v) is 9.93. The van der Waals surface area contributed by atoms with Gasteiger partial charge in [0.05, 0.1) is 5.56 Å². The second-order valence-electron chi connectivity index (χ2n) is 4.51. The molecule has 2 N–H and O–H groups in total. The number of nitrogens with zero attached hydrogens (tertiary/aromatic N) is 1. The number of carboxylic acids is 1. The van der Waals surface area contributed by atoms with Gasteiger partial charge in [0.2, 0.25) is 0 Å². The molecule has 0 aromatic carbocycles. The van der Waals surface area contributed by atoms with Gasteiger partial charge in [0.1, 0.15) is 6.04 Å². The molecule has 5 heteroatoms. The number of aliphatic carboxylic acids is 1. The van der Waals surface area contributed by atoms with Crippen LogP contribution in [0, 0.1) is 6.92 Å². The number of hydrogen-bond donors (Lipinski definition) is 2. The van der Waals surface area contributed by atoms with E-state index < -0.39 is 12.0 Å². The Kier molecular flexibility index (Phi) is 2.92. The van der Waals surface area contributed by atoms with Crippen molar-refractivity contribution in [3.8, 4) is 0 Å². The lowest BCUT2D eigenvalue weighted by Gasteiger charge is -2.26. The molecule has 0 bridgehead atoms. The van der Waals surface area contributed by atoms with E-state index in [1.54, 1.807) is 19.3 Å². The van der Waals surface area contributed by atoms with Crippen molar-refractivity contribution in [2.24, 2.45) is 0 Å². The lowest BCUT2D eigenvalue weighted by Crippen LogP contribution is -2.44. The molecule has 2 rings (SSSR count). The van der Waals surface area contributed by atoms with Crippen LogP contribution in [-0.2, 0) is 4.79 Å². The maximum atomic E-state index is 12.3. The predicted octanol–water partition coefficient (Wildman–Crippen LogP) is 1.40. The van der Waals surface area contributed by atoms with Crippen molar-refractivity contribution in [3.63, 3.8) is 0 Å². The summed E-state index contributed by atoms with van der Waals surface area (Å²) in [6.07, 6.45) is 5.16. The summed E-state index contributed by atoms with van der Waals surface area (Å²) < 4.78 is 0. The first-order valence-electron chi connectivity index (χ1n) is 5.71. The summed E-state index contributed by atoms with van der Waals surface area (Å²) in [6.45, 7) is 3.39. The Morgan fingerprint density at radius 3 is 2.53 bits per heavy atom. The molecule has 0 radical (unpaired) electrons. The van der Waals surface area contributed by atoms with Crippen LogP contribution in [0.5, 0.6) is 0 Å². The average molecular weight is 236 g/mol. The monoisotopic (exact) mass is 236 g/mol. The highest BCUT2D eigenvalue weighted by atomic mass is 16.4. The fourth-order valence-electron chi connectivity index (χ4n) is 1.94. The van der Waals surface area contributed by atoms with Crippen molar-refractivity contribution in [2.45, 2.75) is 38.8 Å². The lowest BCUT2D eigenvalue weighted by molar-refractivity contribution is -0.141. The van der Waals surface area contributed by atoms with Crippen LogP contribution in [0.3, 0.4) is 0 Å². The minimum Gasteiger partial charge on any atom is -0.480 e. The Balaban J connectivity index is 2.25. The van der Waals surface area contributed by atoms with Gasteiger partial charge in [0.15, 0.2) is 0 Å². The molecule has 1 aromatic rings. The van der Waals surface area contributed by atoms with Crippen LogP contribution >= 0.6 is 0 Å². The lowest BCUT2D eigenvalue weighted by atomic mass is 10.1. The molecule has 0 aliphatic heterocycles. The third-order valence-corrected chi connectivity index (χ3v) is 3.13. The van der Waals surface area contributed by atoms with Gasteiger partial charge < -0.3 is 15.0 Å². The number of aromatic amines is 1. The van der Waals surface area contributed by atoms with E-state index in [0.717, 1.165) is 18.4 Å². The molecule has 1 aliphatic rings. The van der Waals surface area contributed by atoms with Gasteiger partial charge >= 0.3 is 5.97 Å². The first kappa shape index (κ1) is 11.7. The molecule has 0 spiro atoms. The summed E-state index contributed by atoms with van der Waals surface area (Å²) in [5.74, 6) is -1.15. The van der Waals surface area contributed by atoms with Crippen molar-refractivity contribution in [1.82, 2.24) is 9.88 Å². The third kappa shape index (κ3) is 2.18. The van der Waals surface area contributed by atoms with Crippen LogP contribution in [0.15, 0.2) is 12.4 Å². The van der Waals surface area contributed by atoms with Crippen LogP contribution in [0.2, 0.25) is 0 Å². The number of aromatic nitrogens is 1. The Morgan fingerprint density at radius 2 is 2.12 bits per heavy atom. The molecule has 1 aromatic heterocycles.